The highest BCUT2D eigenvalue weighted by molar-refractivity contribution is 5.75. The van der Waals surface area contributed by atoms with E-state index in [2.05, 4.69) is 13.5 Å². The minimum Gasteiger partial charge on any atom is -0.493 e. The summed E-state index contributed by atoms with van der Waals surface area (Å²) in [6.45, 7) is 6.62. The van der Waals surface area contributed by atoms with Crippen LogP contribution in [0.1, 0.15) is 42.1 Å². The van der Waals surface area contributed by atoms with Crippen molar-refractivity contribution in [2.24, 2.45) is 0 Å². The van der Waals surface area contributed by atoms with Crippen molar-refractivity contribution in [2.45, 2.75) is 32.6 Å². The molecule has 0 aliphatic carbocycles. The summed E-state index contributed by atoms with van der Waals surface area (Å²) in [4.78, 5) is 10.7. The van der Waals surface area contributed by atoms with Gasteiger partial charge in [-0.2, -0.15) is 0 Å². The molecule has 1 aromatic rings. The van der Waals surface area contributed by atoms with Crippen molar-refractivity contribution in [3.05, 3.63) is 42.0 Å². The fraction of sp³-hybridized carbons (Fsp3) is 0.400. The van der Waals surface area contributed by atoms with Gasteiger partial charge in [0.15, 0.2) is 0 Å². The lowest BCUT2D eigenvalue weighted by molar-refractivity contribution is 0.112. The predicted octanol–water partition coefficient (Wildman–Crippen LogP) is 3.80. The van der Waals surface area contributed by atoms with Crippen LogP contribution in [0.2, 0.25) is 0 Å². The van der Waals surface area contributed by atoms with Crippen LogP contribution in [0.15, 0.2) is 30.9 Å². The third kappa shape index (κ3) is 4.43. The average molecular weight is 232 g/mol. The van der Waals surface area contributed by atoms with Gasteiger partial charge in [-0.15, -0.1) is 6.58 Å². The van der Waals surface area contributed by atoms with E-state index < -0.39 is 0 Å². The average Bonchev–Trinajstić information content (AvgIpc) is 2.36. The molecule has 0 fully saturated rings. The quantitative estimate of drug-likeness (QED) is 0.387. The molecule has 0 N–H and O–H groups in total. The fourth-order valence-electron chi connectivity index (χ4n) is 1.66. The highest BCUT2D eigenvalue weighted by atomic mass is 16.5. The van der Waals surface area contributed by atoms with Gasteiger partial charge in [-0.1, -0.05) is 25.8 Å². The normalized spacial score (nSPS) is 9.94. The summed E-state index contributed by atoms with van der Waals surface area (Å²) in [6.07, 6.45) is 6.84. The summed E-state index contributed by atoms with van der Waals surface area (Å²) in [6, 6.07) is 5.52. The molecular weight excluding hydrogens is 212 g/mol. The monoisotopic (exact) mass is 232 g/mol. The maximum absolute atomic E-state index is 10.7. The summed E-state index contributed by atoms with van der Waals surface area (Å²) in [7, 11) is 0. The molecule has 0 heterocycles. The topological polar surface area (TPSA) is 26.3 Å². The molecule has 0 amide bonds. The first-order valence-electron chi connectivity index (χ1n) is 6.13. The molecule has 0 bridgehead atoms. The Bertz CT molecular complexity index is 369. The van der Waals surface area contributed by atoms with Gasteiger partial charge in [-0.25, -0.2) is 0 Å². The first-order chi connectivity index (χ1) is 8.31. The maximum atomic E-state index is 10.7. The van der Waals surface area contributed by atoms with E-state index in [9.17, 15) is 4.79 Å². The molecule has 2 nitrogen and oxygen atoms in total. The van der Waals surface area contributed by atoms with E-state index in [1.807, 2.05) is 18.2 Å². The number of hydrogen-bond acceptors (Lipinski definition) is 2. The number of unbranched alkanes of at least 4 members (excludes halogenated alkanes) is 2. The first-order valence-corrected chi connectivity index (χ1v) is 6.13. The standard InChI is InChI=1S/C15H20O2/c1-3-5-6-10-17-15-9-8-13(12-16)11-14(15)7-4-2/h4,8-9,11-12H,2-3,5-7,10H2,1H3. The highest BCUT2D eigenvalue weighted by Gasteiger charge is 2.03. The number of aldehydes is 1. The molecule has 0 spiro atoms. The van der Waals surface area contributed by atoms with Gasteiger partial charge in [0, 0.05) is 5.56 Å². The van der Waals surface area contributed by atoms with E-state index in [0.29, 0.717) is 5.56 Å². The van der Waals surface area contributed by atoms with Crippen LogP contribution in [-0.4, -0.2) is 12.9 Å². The maximum Gasteiger partial charge on any atom is 0.150 e. The summed E-state index contributed by atoms with van der Waals surface area (Å²) in [5.74, 6) is 0.867. The van der Waals surface area contributed by atoms with Crippen molar-refractivity contribution >= 4 is 6.29 Å². The van der Waals surface area contributed by atoms with Crippen LogP contribution in [0.4, 0.5) is 0 Å². The molecule has 0 aromatic heterocycles. The molecule has 17 heavy (non-hydrogen) atoms. The largest absolute Gasteiger partial charge is 0.493 e. The van der Waals surface area contributed by atoms with Gasteiger partial charge in [-0.05, 0) is 36.6 Å². The van der Waals surface area contributed by atoms with Crippen molar-refractivity contribution in [1.29, 1.82) is 0 Å². The zero-order valence-electron chi connectivity index (χ0n) is 10.4. The number of rotatable bonds is 8. The Labute approximate surface area is 103 Å². The molecule has 0 aliphatic heterocycles. The van der Waals surface area contributed by atoms with Gasteiger partial charge < -0.3 is 4.74 Å². The van der Waals surface area contributed by atoms with Crippen molar-refractivity contribution < 1.29 is 9.53 Å². The van der Waals surface area contributed by atoms with Crippen molar-refractivity contribution in [2.75, 3.05) is 6.61 Å². The third-order valence-corrected chi connectivity index (χ3v) is 2.59. The molecule has 0 saturated heterocycles. The van der Waals surface area contributed by atoms with Gasteiger partial charge in [0.2, 0.25) is 0 Å². The number of ether oxygens (including phenoxy) is 1. The summed E-state index contributed by atoms with van der Waals surface area (Å²) >= 11 is 0. The lowest BCUT2D eigenvalue weighted by Gasteiger charge is -2.10. The van der Waals surface area contributed by atoms with Crippen LogP contribution in [0.5, 0.6) is 5.75 Å². The summed E-state index contributed by atoms with van der Waals surface area (Å²) in [5.41, 5.74) is 1.71. The van der Waals surface area contributed by atoms with E-state index in [1.54, 1.807) is 6.07 Å². The van der Waals surface area contributed by atoms with Gasteiger partial charge in [0.05, 0.1) is 6.61 Å². The Morgan fingerprint density at radius 3 is 2.82 bits per heavy atom. The van der Waals surface area contributed by atoms with Crippen molar-refractivity contribution in [1.82, 2.24) is 0 Å². The number of benzene rings is 1. The Morgan fingerprint density at radius 1 is 1.35 bits per heavy atom. The van der Waals surface area contributed by atoms with E-state index in [-0.39, 0.29) is 0 Å². The number of hydrogen-bond donors (Lipinski definition) is 0. The highest BCUT2D eigenvalue weighted by Crippen LogP contribution is 2.21. The Balaban J connectivity index is 2.68. The smallest absolute Gasteiger partial charge is 0.150 e. The number of allylic oxidation sites excluding steroid dienone is 1. The molecule has 0 aliphatic rings. The molecule has 0 saturated carbocycles. The molecule has 2 heteroatoms. The van der Waals surface area contributed by atoms with Crippen molar-refractivity contribution in [3.63, 3.8) is 0 Å². The summed E-state index contributed by atoms with van der Waals surface area (Å²) in [5, 5.41) is 0. The minimum absolute atomic E-state index is 0.683. The van der Waals surface area contributed by atoms with Crippen LogP contribution in [0.25, 0.3) is 0 Å². The zero-order valence-corrected chi connectivity index (χ0v) is 10.4. The second-order valence-electron chi connectivity index (χ2n) is 4.03. The van der Waals surface area contributed by atoms with E-state index in [0.717, 1.165) is 37.0 Å². The first kappa shape index (κ1) is 13.5. The fourth-order valence-corrected chi connectivity index (χ4v) is 1.66. The molecule has 1 rings (SSSR count). The molecule has 92 valence electrons. The SMILES string of the molecule is C=CCc1cc(C=O)ccc1OCCCCC. The van der Waals surface area contributed by atoms with Gasteiger partial charge in [0.25, 0.3) is 0 Å². The van der Waals surface area contributed by atoms with E-state index in [1.165, 1.54) is 12.8 Å². The lowest BCUT2D eigenvalue weighted by Crippen LogP contribution is -2.00. The predicted molar refractivity (Wildman–Crippen MR) is 70.8 cm³/mol. The second-order valence-corrected chi connectivity index (χ2v) is 4.03. The molecule has 1 aromatic carbocycles. The van der Waals surface area contributed by atoms with Crippen LogP contribution in [0.3, 0.4) is 0 Å². The Kier molecular flexibility index (Phi) is 6.08. The number of carbonyl (C=O) groups excluding carboxylic acids is 1. The van der Waals surface area contributed by atoms with Crippen LogP contribution in [-0.2, 0) is 6.42 Å². The minimum atomic E-state index is 0.683. The lowest BCUT2D eigenvalue weighted by atomic mass is 10.1. The zero-order chi connectivity index (χ0) is 12.5. The molecular formula is C15H20O2. The van der Waals surface area contributed by atoms with Crippen LogP contribution >= 0.6 is 0 Å². The second kappa shape index (κ2) is 7.66. The summed E-state index contributed by atoms with van der Waals surface area (Å²) < 4.78 is 5.73. The molecule has 0 radical (unpaired) electrons. The molecule has 0 atom stereocenters. The van der Waals surface area contributed by atoms with E-state index in [4.69, 9.17) is 4.74 Å². The third-order valence-electron chi connectivity index (χ3n) is 2.59. The van der Waals surface area contributed by atoms with E-state index >= 15 is 0 Å². The Morgan fingerprint density at radius 2 is 2.18 bits per heavy atom. The van der Waals surface area contributed by atoms with Gasteiger partial charge in [0.1, 0.15) is 12.0 Å². The van der Waals surface area contributed by atoms with Crippen LogP contribution < -0.4 is 4.74 Å². The Hall–Kier alpha value is -1.57. The van der Waals surface area contributed by atoms with Gasteiger partial charge >= 0.3 is 0 Å². The van der Waals surface area contributed by atoms with Gasteiger partial charge in [-0.3, -0.25) is 4.79 Å². The number of carbonyl (C=O) groups is 1. The molecule has 0 unspecified atom stereocenters. The van der Waals surface area contributed by atoms with Crippen molar-refractivity contribution in [3.8, 4) is 5.75 Å². The van der Waals surface area contributed by atoms with Crippen LogP contribution in [0, 0.1) is 0 Å².